The van der Waals surface area contributed by atoms with E-state index in [-0.39, 0.29) is 34.9 Å². The van der Waals surface area contributed by atoms with Crippen LogP contribution >= 0.6 is 0 Å². The number of sulfonamides is 1. The number of aromatic amines is 2. The molecular weight excluding hydrogens is 388 g/mol. The molecule has 12 heteroatoms. The van der Waals surface area contributed by atoms with Crippen LogP contribution in [0.4, 0.5) is 0 Å². The molecular formula is C16H18N6O5S. The zero-order valence-corrected chi connectivity index (χ0v) is 16.2. The molecule has 2 heterocycles. The van der Waals surface area contributed by atoms with Gasteiger partial charge in [0.1, 0.15) is 17.3 Å². The Morgan fingerprint density at radius 2 is 2.00 bits per heavy atom. The van der Waals surface area contributed by atoms with E-state index >= 15 is 0 Å². The van der Waals surface area contributed by atoms with Gasteiger partial charge in [-0.15, -0.1) is 10.2 Å². The van der Waals surface area contributed by atoms with Gasteiger partial charge in [-0.2, -0.15) is 5.21 Å². The van der Waals surface area contributed by atoms with E-state index in [2.05, 4.69) is 25.4 Å². The van der Waals surface area contributed by atoms with E-state index in [1.54, 1.807) is 6.92 Å². The lowest BCUT2D eigenvalue weighted by Crippen LogP contribution is -2.29. The van der Waals surface area contributed by atoms with Gasteiger partial charge in [-0.3, -0.25) is 9.59 Å². The summed E-state index contributed by atoms with van der Waals surface area (Å²) in [7, 11) is -0.971. The van der Waals surface area contributed by atoms with E-state index in [9.17, 15) is 18.0 Å². The van der Waals surface area contributed by atoms with Gasteiger partial charge >= 0.3 is 0 Å². The number of ether oxygens (including phenoxy) is 1. The Morgan fingerprint density at radius 3 is 2.68 bits per heavy atom. The maximum atomic E-state index is 12.4. The number of H-pyrrole nitrogens is 2. The van der Waals surface area contributed by atoms with Crippen molar-refractivity contribution < 1.29 is 17.9 Å². The Morgan fingerprint density at radius 1 is 1.25 bits per heavy atom. The average molecular weight is 406 g/mol. The van der Waals surface area contributed by atoms with Gasteiger partial charge in [0.05, 0.1) is 12.2 Å². The standard InChI is InChI=1S/C16H18N6O5S/c1-4-27-12-7-9(11(23)8-28(25,26)22(2)3)5-6-10(12)14-17-15-13(16(24)18-14)19-21-20-15/h5-7H,4,8H2,1-3H3,(H2,17,18,19,20,21,24). The van der Waals surface area contributed by atoms with Crippen molar-refractivity contribution in [2.75, 3.05) is 26.5 Å². The third-order valence-corrected chi connectivity index (χ3v) is 5.66. The summed E-state index contributed by atoms with van der Waals surface area (Å²) in [5, 5.41) is 9.86. The first-order valence-electron chi connectivity index (χ1n) is 8.24. The van der Waals surface area contributed by atoms with E-state index in [1.165, 1.54) is 32.3 Å². The van der Waals surface area contributed by atoms with Crippen molar-refractivity contribution in [1.82, 2.24) is 29.7 Å². The smallest absolute Gasteiger partial charge is 0.281 e. The third kappa shape index (κ3) is 3.77. The fourth-order valence-electron chi connectivity index (χ4n) is 2.43. The maximum Gasteiger partial charge on any atom is 0.281 e. The number of benzene rings is 1. The molecule has 0 saturated heterocycles. The Labute approximate surface area is 159 Å². The van der Waals surface area contributed by atoms with Crippen molar-refractivity contribution in [3.05, 3.63) is 34.1 Å². The highest BCUT2D eigenvalue weighted by Crippen LogP contribution is 2.29. The second-order valence-corrected chi connectivity index (χ2v) is 8.20. The van der Waals surface area contributed by atoms with E-state index in [1.807, 2.05) is 0 Å². The highest BCUT2D eigenvalue weighted by Gasteiger charge is 2.22. The third-order valence-electron chi connectivity index (χ3n) is 3.92. The molecule has 0 fully saturated rings. The van der Waals surface area contributed by atoms with Crippen molar-refractivity contribution in [2.24, 2.45) is 0 Å². The molecule has 0 aliphatic heterocycles. The highest BCUT2D eigenvalue weighted by molar-refractivity contribution is 7.89. The van der Waals surface area contributed by atoms with E-state index < -0.39 is 27.1 Å². The van der Waals surface area contributed by atoms with Crippen LogP contribution in [0.25, 0.3) is 22.6 Å². The van der Waals surface area contributed by atoms with Gasteiger partial charge in [-0.25, -0.2) is 17.7 Å². The topological polar surface area (TPSA) is 151 Å². The molecule has 0 radical (unpaired) electrons. The monoisotopic (exact) mass is 406 g/mol. The van der Waals surface area contributed by atoms with Crippen LogP contribution in [0.3, 0.4) is 0 Å². The quantitative estimate of drug-likeness (QED) is 0.527. The summed E-state index contributed by atoms with van der Waals surface area (Å²) in [5.41, 5.74) is 0.326. The van der Waals surface area contributed by atoms with Gasteiger partial charge < -0.3 is 9.72 Å². The fourth-order valence-corrected chi connectivity index (χ4v) is 3.18. The Kier molecular flexibility index (Phi) is 5.25. The van der Waals surface area contributed by atoms with Crippen molar-refractivity contribution in [3.8, 4) is 17.1 Å². The largest absolute Gasteiger partial charge is 0.493 e. The lowest BCUT2D eigenvalue weighted by molar-refractivity contribution is 0.101. The van der Waals surface area contributed by atoms with E-state index in [0.717, 1.165) is 4.31 Å². The van der Waals surface area contributed by atoms with Gasteiger partial charge in [0.25, 0.3) is 5.56 Å². The summed E-state index contributed by atoms with van der Waals surface area (Å²) in [5.74, 6) is -0.767. The maximum absolute atomic E-state index is 12.4. The summed E-state index contributed by atoms with van der Waals surface area (Å²) in [4.78, 5) is 31.4. The van der Waals surface area contributed by atoms with Crippen LogP contribution in [0, 0.1) is 0 Å². The SMILES string of the molecule is CCOc1cc(C(=O)CS(=O)(=O)N(C)C)ccc1-c1nc2n[nH]nc2c(=O)[nH]1. The number of nitrogens with zero attached hydrogens (tertiary/aromatic N) is 4. The normalized spacial score (nSPS) is 11.9. The zero-order valence-electron chi connectivity index (χ0n) is 15.4. The number of carbonyl (C=O) groups is 1. The van der Waals surface area contributed by atoms with Gasteiger partial charge in [0.15, 0.2) is 11.3 Å². The number of hydrogen-bond donors (Lipinski definition) is 2. The summed E-state index contributed by atoms with van der Waals surface area (Å²) in [6, 6.07) is 4.42. The molecule has 0 bridgehead atoms. The number of hydrogen-bond acceptors (Lipinski definition) is 8. The van der Waals surface area contributed by atoms with Gasteiger partial charge in [0, 0.05) is 19.7 Å². The number of nitrogens with one attached hydrogen (secondary N) is 2. The summed E-state index contributed by atoms with van der Waals surface area (Å²) < 4.78 is 30.5. The van der Waals surface area contributed by atoms with Crippen molar-refractivity contribution >= 4 is 27.0 Å². The van der Waals surface area contributed by atoms with Crippen molar-refractivity contribution in [1.29, 1.82) is 0 Å². The lowest BCUT2D eigenvalue weighted by atomic mass is 10.1. The molecule has 0 atom stereocenters. The second-order valence-electron chi connectivity index (χ2n) is 6.02. The Hall–Kier alpha value is -3.12. The van der Waals surface area contributed by atoms with Crippen LogP contribution in [0.2, 0.25) is 0 Å². The first kappa shape index (κ1) is 19.6. The van der Waals surface area contributed by atoms with Crippen LogP contribution in [0.15, 0.2) is 23.0 Å². The molecule has 0 spiro atoms. The van der Waals surface area contributed by atoms with Crippen molar-refractivity contribution in [2.45, 2.75) is 6.92 Å². The molecule has 0 amide bonds. The second kappa shape index (κ2) is 7.48. The number of aromatic nitrogens is 5. The molecule has 3 aromatic rings. The summed E-state index contributed by atoms with van der Waals surface area (Å²) in [6.45, 7) is 2.04. The number of fused-ring (bicyclic) bond motifs is 1. The van der Waals surface area contributed by atoms with E-state index in [4.69, 9.17) is 4.74 Å². The molecule has 0 aliphatic rings. The van der Waals surface area contributed by atoms with Crippen LogP contribution in [0.1, 0.15) is 17.3 Å². The first-order chi connectivity index (χ1) is 13.2. The minimum absolute atomic E-state index is 0.0717. The fraction of sp³-hybridized carbons (Fsp3) is 0.312. The predicted molar refractivity (Wildman–Crippen MR) is 101 cm³/mol. The van der Waals surface area contributed by atoms with Crippen molar-refractivity contribution in [3.63, 3.8) is 0 Å². The molecule has 2 N–H and O–H groups in total. The molecule has 0 unspecified atom stereocenters. The van der Waals surface area contributed by atoms with Crippen LogP contribution in [-0.2, 0) is 10.0 Å². The van der Waals surface area contributed by atoms with Crippen LogP contribution in [0.5, 0.6) is 5.75 Å². The Balaban J connectivity index is 2.03. The van der Waals surface area contributed by atoms with Gasteiger partial charge in [-0.05, 0) is 19.1 Å². The predicted octanol–water partition coefficient (Wildman–Crippen LogP) is 0.181. The van der Waals surface area contributed by atoms with Gasteiger partial charge in [-0.1, -0.05) is 6.07 Å². The lowest BCUT2D eigenvalue weighted by Gasteiger charge is -2.13. The summed E-state index contributed by atoms with van der Waals surface area (Å²) in [6.07, 6.45) is 0. The number of rotatable bonds is 7. The van der Waals surface area contributed by atoms with Crippen LogP contribution < -0.4 is 10.3 Å². The highest BCUT2D eigenvalue weighted by atomic mass is 32.2. The molecule has 0 aliphatic carbocycles. The number of Topliss-reactive ketones (excluding diaryl/α,β-unsaturated/α-hetero) is 1. The van der Waals surface area contributed by atoms with Crippen LogP contribution in [-0.4, -0.2) is 70.3 Å². The molecule has 148 valence electrons. The molecule has 2 aromatic heterocycles. The number of ketones is 1. The molecule has 11 nitrogen and oxygen atoms in total. The molecule has 0 saturated carbocycles. The molecule has 3 rings (SSSR count). The van der Waals surface area contributed by atoms with E-state index in [0.29, 0.717) is 5.56 Å². The minimum atomic E-state index is -3.69. The Bertz CT molecular complexity index is 1200. The summed E-state index contributed by atoms with van der Waals surface area (Å²) >= 11 is 0. The minimum Gasteiger partial charge on any atom is -0.493 e. The van der Waals surface area contributed by atoms with Gasteiger partial charge in [0.2, 0.25) is 15.7 Å². The molecule has 28 heavy (non-hydrogen) atoms. The molecule has 1 aromatic carbocycles. The number of carbonyl (C=O) groups excluding carboxylic acids is 1. The first-order valence-corrected chi connectivity index (χ1v) is 9.85. The average Bonchev–Trinajstić information content (AvgIpc) is 3.10. The zero-order chi connectivity index (χ0) is 20.5.